The first-order chi connectivity index (χ1) is 26.8. The summed E-state index contributed by atoms with van der Waals surface area (Å²) in [5.74, 6) is 0. The van der Waals surface area contributed by atoms with E-state index in [-0.39, 0.29) is 0 Å². The molecule has 0 atom stereocenters. The Morgan fingerprint density at radius 1 is 0.722 bits per heavy atom. The molecule has 0 aliphatic heterocycles. The number of fused-ring (bicyclic) bond motifs is 10. The Morgan fingerprint density at radius 2 is 1.43 bits per heavy atom. The topological polar surface area (TPSA) is 64.4 Å². The first-order valence-electron chi connectivity index (χ1n) is 19.0. The lowest BCUT2D eigenvalue weighted by atomic mass is 9.70. The van der Waals surface area contributed by atoms with E-state index in [1.807, 2.05) is 43.4 Å². The van der Waals surface area contributed by atoms with Gasteiger partial charge in [-0.3, -0.25) is 4.99 Å². The standard InChI is InChI=1S/C47H34N2S.C2H6.CH5N/c48-26-8-2-1-3-18-42(49-29-30-20-24-37-36-14-5-7-19-43(36)50-44(37)27-30)33-23-25-35-34-13-4-6-15-38(34)47(41(35)28-33)39-16-9-11-31-21-22-32-12-10-17-40(47)46(32)45(31)39;2*1-2/h1-6,8-18,20-28H,7,19,29,48H2;1-2H3;2H2,1H3/b2-1-,18-3+,26-8-,49-42?;;. The maximum Gasteiger partial charge on any atom is 0.0726 e. The van der Waals surface area contributed by atoms with E-state index in [1.54, 1.807) is 6.20 Å². The van der Waals surface area contributed by atoms with Gasteiger partial charge in [-0.2, -0.15) is 0 Å². The lowest BCUT2D eigenvalue weighted by Crippen LogP contribution is -2.26. The van der Waals surface area contributed by atoms with E-state index in [1.165, 1.54) is 88.1 Å². The fraction of sp³-hybridized carbons (Fsp3) is 0.140. The van der Waals surface area contributed by atoms with Crippen LogP contribution in [-0.4, -0.2) is 12.8 Å². The number of aliphatic imine (C=N–C) groups is 1. The molecular formula is C50H45N3S. The van der Waals surface area contributed by atoms with Crippen LogP contribution in [0.5, 0.6) is 0 Å². The highest BCUT2D eigenvalue weighted by Gasteiger charge is 2.50. The number of nitrogens with zero attached hydrogens (tertiary/aromatic N) is 1. The maximum atomic E-state index is 5.59. The van der Waals surface area contributed by atoms with E-state index in [0.717, 1.165) is 24.1 Å². The second-order valence-electron chi connectivity index (χ2n) is 13.5. The zero-order valence-corrected chi connectivity index (χ0v) is 32.0. The maximum absolute atomic E-state index is 5.59. The Balaban J connectivity index is 0.00000100. The molecule has 266 valence electrons. The molecule has 0 saturated heterocycles. The van der Waals surface area contributed by atoms with Crippen LogP contribution < -0.4 is 11.5 Å². The zero-order valence-electron chi connectivity index (χ0n) is 31.1. The molecule has 1 spiro atoms. The van der Waals surface area contributed by atoms with Crippen LogP contribution in [0.3, 0.4) is 0 Å². The molecule has 0 saturated carbocycles. The van der Waals surface area contributed by atoms with Crippen molar-refractivity contribution in [3.63, 3.8) is 0 Å². The normalized spacial score (nSPS) is 14.6. The summed E-state index contributed by atoms with van der Waals surface area (Å²) in [5, 5.41) is 6.70. The van der Waals surface area contributed by atoms with Crippen LogP contribution in [0.1, 0.15) is 64.1 Å². The summed E-state index contributed by atoms with van der Waals surface area (Å²) in [6.45, 7) is 4.60. The SMILES string of the molecule is CC.CN.N\C=C/C=C\C=C\C(=NCc1ccc2c3c(sc2c1)CCC=C3)c1ccc2c(c1)C1(c3ccccc3-2)c2cccc3ccc4cccc1c4c23. The van der Waals surface area contributed by atoms with Crippen molar-refractivity contribution in [3.05, 3.63) is 196 Å². The van der Waals surface area contributed by atoms with Gasteiger partial charge in [0.25, 0.3) is 0 Å². The van der Waals surface area contributed by atoms with E-state index in [0.29, 0.717) is 6.54 Å². The molecule has 4 heteroatoms. The predicted octanol–water partition coefficient (Wildman–Crippen LogP) is 12.0. The van der Waals surface area contributed by atoms with E-state index in [2.05, 4.69) is 139 Å². The van der Waals surface area contributed by atoms with Crippen molar-refractivity contribution >= 4 is 54.8 Å². The Kier molecular flexibility index (Phi) is 9.72. The van der Waals surface area contributed by atoms with Crippen molar-refractivity contribution in [2.45, 2.75) is 38.6 Å². The monoisotopic (exact) mass is 719 g/mol. The summed E-state index contributed by atoms with van der Waals surface area (Å²) >= 11 is 1.94. The van der Waals surface area contributed by atoms with Crippen molar-refractivity contribution in [1.82, 2.24) is 0 Å². The molecule has 6 aromatic carbocycles. The van der Waals surface area contributed by atoms with Gasteiger partial charge in [-0.25, -0.2) is 0 Å². The van der Waals surface area contributed by atoms with Gasteiger partial charge in [0.05, 0.1) is 17.7 Å². The summed E-state index contributed by atoms with van der Waals surface area (Å²) < 4.78 is 1.35. The molecule has 0 radical (unpaired) electrons. The highest BCUT2D eigenvalue weighted by Crippen LogP contribution is 2.62. The quantitative estimate of drug-likeness (QED) is 0.102. The lowest BCUT2D eigenvalue weighted by molar-refractivity contribution is 0.796. The number of aryl methyl sites for hydroxylation is 1. The molecule has 0 unspecified atom stereocenters. The minimum Gasteiger partial charge on any atom is -0.405 e. The Hall–Kier alpha value is -5.81. The lowest BCUT2D eigenvalue weighted by Gasteiger charge is -2.31. The van der Waals surface area contributed by atoms with Gasteiger partial charge < -0.3 is 11.5 Å². The van der Waals surface area contributed by atoms with Gasteiger partial charge in [0.15, 0.2) is 0 Å². The van der Waals surface area contributed by atoms with Crippen LogP contribution in [0.15, 0.2) is 157 Å². The second-order valence-corrected chi connectivity index (χ2v) is 14.6. The van der Waals surface area contributed by atoms with Crippen molar-refractivity contribution in [2.75, 3.05) is 7.05 Å². The molecule has 54 heavy (non-hydrogen) atoms. The molecule has 10 rings (SSSR count). The van der Waals surface area contributed by atoms with Crippen LogP contribution in [0.4, 0.5) is 0 Å². The third-order valence-electron chi connectivity index (χ3n) is 10.9. The number of benzene rings is 6. The number of rotatable bonds is 6. The van der Waals surface area contributed by atoms with Crippen LogP contribution >= 0.6 is 11.3 Å². The first-order valence-corrected chi connectivity index (χ1v) is 19.8. The van der Waals surface area contributed by atoms with Crippen LogP contribution in [0.2, 0.25) is 0 Å². The third-order valence-corrected chi connectivity index (χ3v) is 12.1. The minimum absolute atomic E-state index is 0.400. The molecule has 4 N–H and O–H groups in total. The summed E-state index contributed by atoms with van der Waals surface area (Å²) in [6.07, 6.45) is 18.4. The van der Waals surface area contributed by atoms with Crippen LogP contribution in [0, 0.1) is 0 Å². The molecular weight excluding hydrogens is 675 g/mol. The largest absolute Gasteiger partial charge is 0.405 e. The van der Waals surface area contributed by atoms with E-state index in [4.69, 9.17) is 10.7 Å². The summed E-state index contributed by atoms with van der Waals surface area (Å²) in [6, 6.07) is 41.2. The number of nitrogens with two attached hydrogens (primary N) is 2. The summed E-state index contributed by atoms with van der Waals surface area (Å²) in [4.78, 5) is 6.82. The first kappa shape index (κ1) is 35.2. The second kappa shape index (κ2) is 14.9. The van der Waals surface area contributed by atoms with Gasteiger partial charge in [0.1, 0.15) is 0 Å². The highest BCUT2D eigenvalue weighted by atomic mass is 32.1. The van der Waals surface area contributed by atoms with Gasteiger partial charge in [-0.1, -0.05) is 141 Å². The molecule has 0 fully saturated rings. The molecule has 7 aromatic rings. The minimum atomic E-state index is -0.400. The number of thiophene rings is 1. The van der Waals surface area contributed by atoms with Crippen LogP contribution in [0.25, 0.3) is 48.8 Å². The van der Waals surface area contributed by atoms with E-state index >= 15 is 0 Å². The molecule has 3 nitrogen and oxygen atoms in total. The van der Waals surface area contributed by atoms with E-state index < -0.39 is 5.41 Å². The molecule has 1 aromatic heterocycles. The van der Waals surface area contributed by atoms with Gasteiger partial charge in [-0.15, -0.1) is 11.3 Å². The van der Waals surface area contributed by atoms with Crippen molar-refractivity contribution in [2.24, 2.45) is 16.5 Å². The Bertz CT molecular complexity index is 2640. The number of hydrogen-bond acceptors (Lipinski definition) is 4. The third kappa shape index (κ3) is 5.48. The van der Waals surface area contributed by atoms with E-state index in [9.17, 15) is 0 Å². The summed E-state index contributed by atoms with van der Waals surface area (Å²) in [5.41, 5.74) is 22.4. The van der Waals surface area contributed by atoms with Crippen molar-refractivity contribution < 1.29 is 0 Å². The smallest absolute Gasteiger partial charge is 0.0726 e. The van der Waals surface area contributed by atoms with Crippen molar-refractivity contribution in [3.8, 4) is 11.1 Å². The van der Waals surface area contributed by atoms with Gasteiger partial charge >= 0.3 is 0 Å². The Labute approximate surface area is 322 Å². The van der Waals surface area contributed by atoms with Crippen LogP contribution in [-0.2, 0) is 18.4 Å². The average Bonchev–Trinajstić information content (AvgIpc) is 3.86. The number of allylic oxidation sites excluding steroid dienone is 6. The summed E-state index contributed by atoms with van der Waals surface area (Å²) in [7, 11) is 1.50. The number of hydrogen-bond donors (Lipinski definition) is 2. The Morgan fingerprint density at radius 3 is 2.19 bits per heavy atom. The predicted molar refractivity (Wildman–Crippen MR) is 235 cm³/mol. The molecule has 0 amide bonds. The van der Waals surface area contributed by atoms with Gasteiger partial charge in [0, 0.05) is 15.1 Å². The van der Waals surface area contributed by atoms with Gasteiger partial charge in [-0.05, 0) is 122 Å². The fourth-order valence-electron chi connectivity index (χ4n) is 8.79. The average molecular weight is 720 g/mol. The highest BCUT2D eigenvalue weighted by molar-refractivity contribution is 7.19. The zero-order chi connectivity index (χ0) is 37.2. The molecule has 0 bridgehead atoms. The molecule has 3 aliphatic rings. The van der Waals surface area contributed by atoms with Crippen molar-refractivity contribution in [1.29, 1.82) is 0 Å². The fourth-order valence-corrected chi connectivity index (χ4v) is 10.1. The molecule has 3 aliphatic carbocycles. The molecule has 1 heterocycles. The van der Waals surface area contributed by atoms with Gasteiger partial charge in [0.2, 0.25) is 0 Å².